The third-order valence-corrected chi connectivity index (χ3v) is 1.81. The Morgan fingerprint density at radius 3 is 3.18 bits per heavy atom. The van der Waals surface area contributed by atoms with Crippen molar-refractivity contribution in [1.29, 1.82) is 0 Å². The zero-order valence-corrected chi connectivity index (χ0v) is 7.54. The lowest BCUT2D eigenvalue weighted by atomic mass is 10.3. The Morgan fingerprint density at radius 1 is 1.55 bits per heavy atom. The summed E-state index contributed by atoms with van der Waals surface area (Å²) in [5.74, 6) is 0. The Hall–Kier alpha value is -0.900. The molecule has 2 heterocycles. The molecule has 0 spiro atoms. The molecule has 0 N–H and O–H groups in total. The number of hydrogen-bond donors (Lipinski definition) is 0. The number of aryl methyl sites for hydroxylation is 1. The van der Waals surface area contributed by atoms with Gasteiger partial charge in [0.25, 0.3) is 0 Å². The van der Waals surface area contributed by atoms with Crippen molar-refractivity contribution in [2.75, 3.05) is 0 Å². The molecule has 0 unspecified atom stereocenters. The monoisotopic (exact) mass is 211 g/mol. The van der Waals surface area contributed by atoms with Crippen LogP contribution in [0.3, 0.4) is 0 Å². The number of aromatic nitrogens is 3. The Bertz CT molecular complexity index is 393. The average Bonchev–Trinajstić information content (AvgIpc) is 2.27. The van der Waals surface area contributed by atoms with E-state index in [1.807, 2.05) is 19.2 Å². The molecule has 0 saturated carbocycles. The lowest BCUT2D eigenvalue weighted by molar-refractivity contribution is 0.926. The van der Waals surface area contributed by atoms with E-state index in [0.717, 1.165) is 15.8 Å². The van der Waals surface area contributed by atoms with Crippen molar-refractivity contribution in [2.24, 2.45) is 0 Å². The molecule has 0 aliphatic heterocycles. The van der Waals surface area contributed by atoms with Gasteiger partial charge in [0.2, 0.25) is 0 Å². The van der Waals surface area contributed by atoms with E-state index in [9.17, 15) is 0 Å². The zero-order valence-electron chi connectivity index (χ0n) is 5.95. The Morgan fingerprint density at radius 2 is 2.36 bits per heavy atom. The molecule has 2 rings (SSSR count). The second-order valence-corrected chi connectivity index (χ2v) is 3.21. The van der Waals surface area contributed by atoms with Gasteiger partial charge in [-0.25, -0.2) is 9.50 Å². The van der Waals surface area contributed by atoms with Crippen LogP contribution in [0.1, 0.15) is 5.56 Å². The third-order valence-electron chi connectivity index (χ3n) is 1.43. The minimum Gasteiger partial charge on any atom is -0.220 e. The molecule has 11 heavy (non-hydrogen) atoms. The summed E-state index contributed by atoms with van der Waals surface area (Å²) in [4.78, 5) is 4.19. The summed E-state index contributed by atoms with van der Waals surface area (Å²) in [5, 5.41) is 4.13. The van der Waals surface area contributed by atoms with Crippen molar-refractivity contribution >= 4 is 21.6 Å². The van der Waals surface area contributed by atoms with E-state index in [1.165, 1.54) is 0 Å². The van der Waals surface area contributed by atoms with Crippen LogP contribution in [0.15, 0.2) is 23.1 Å². The van der Waals surface area contributed by atoms with Crippen molar-refractivity contribution in [2.45, 2.75) is 6.92 Å². The van der Waals surface area contributed by atoms with Crippen LogP contribution in [0, 0.1) is 6.92 Å². The highest BCUT2D eigenvalue weighted by Crippen LogP contribution is 2.09. The number of hydrogen-bond acceptors (Lipinski definition) is 2. The van der Waals surface area contributed by atoms with Gasteiger partial charge < -0.3 is 0 Å². The van der Waals surface area contributed by atoms with Crippen molar-refractivity contribution in [3.8, 4) is 0 Å². The molecule has 2 aromatic rings. The number of rotatable bonds is 0. The highest BCUT2D eigenvalue weighted by Gasteiger charge is 1.97. The van der Waals surface area contributed by atoms with Gasteiger partial charge in [0.05, 0.1) is 12.4 Å². The lowest BCUT2D eigenvalue weighted by Crippen LogP contribution is -1.89. The molecule has 0 aliphatic carbocycles. The van der Waals surface area contributed by atoms with Crippen LogP contribution >= 0.6 is 15.9 Å². The first-order chi connectivity index (χ1) is 5.25. The highest BCUT2D eigenvalue weighted by molar-refractivity contribution is 9.10. The summed E-state index contributed by atoms with van der Waals surface area (Å²) >= 11 is 3.28. The average molecular weight is 212 g/mol. The van der Waals surface area contributed by atoms with E-state index >= 15 is 0 Å². The molecule has 0 fully saturated rings. The second-order valence-electron chi connectivity index (χ2n) is 2.40. The SMILES string of the molecule is Cc1cnn2cc(Br)nc2c1. The van der Waals surface area contributed by atoms with Crippen LogP contribution < -0.4 is 0 Å². The summed E-state index contributed by atoms with van der Waals surface area (Å²) in [5.41, 5.74) is 1.99. The Balaban J connectivity index is 2.82. The van der Waals surface area contributed by atoms with Gasteiger partial charge in [-0.05, 0) is 34.5 Å². The van der Waals surface area contributed by atoms with Crippen LogP contribution in [-0.4, -0.2) is 14.6 Å². The molecule has 0 saturated heterocycles. The third kappa shape index (κ3) is 1.14. The predicted octanol–water partition coefficient (Wildman–Crippen LogP) is 1.80. The van der Waals surface area contributed by atoms with E-state index < -0.39 is 0 Å². The van der Waals surface area contributed by atoms with Gasteiger partial charge in [0, 0.05) is 0 Å². The highest BCUT2D eigenvalue weighted by atomic mass is 79.9. The van der Waals surface area contributed by atoms with Crippen molar-refractivity contribution in [3.63, 3.8) is 0 Å². The second kappa shape index (κ2) is 2.30. The van der Waals surface area contributed by atoms with Gasteiger partial charge in [-0.3, -0.25) is 0 Å². The smallest absolute Gasteiger partial charge is 0.155 e. The minimum absolute atomic E-state index is 0.815. The van der Waals surface area contributed by atoms with Gasteiger partial charge in [-0.1, -0.05) is 0 Å². The van der Waals surface area contributed by atoms with Crippen molar-refractivity contribution in [1.82, 2.24) is 14.6 Å². The normalized spacial score (nSPS) is 10.7. The lowest BCUT2D eigenvalue weighted by Gasteiger charge is -1.91. The standard InChI is InChI=1S/C7H6BrN3/c1-5-2-7-10-6(8)4-11(7)9-3-5/h2-4H,1H3. The number of fused-ring (bicyclic) bond motifs is 1. The van der Waals surface area contributed by atoms with Gasteiger partial charge in [0.15, 0.2) is 5.65 Å². The zero-order chi connectivity index (χ0) is 7.84. The maximum atomic E-state index is 4.19. The molecule has 2 aromatic heterocycles. The van der Waals surface area contributed by atoms with Gasteiger partial charge in [0.1, 0.15) is 4.60 Å². The van der Waals surface area contributed by atoms with Crippen LogP contribution in [0.2, 0.25) is 0 Å². The van der Waals surface area contributed by atoms with Crippen LogP contribution in [0.4, 0.5) is 0 Å². The first-order valence-corrected chi connectivity index (χ1v) is 4.02. The molecule has 3 nitrogen and oxygen atoms in total. The van der Waals surface area contributed by atoms with Crippen molar-refractivity contribution in [3.05, 3.63) is 28.6 Å². The molecular weight excluding hydrogens is 206 g/mol. The van der Waals surface area contributed by atoms with E-state index in [-0.39, 0.29) is 0 Å². The van der Waals surface area contributed by atoms with E-state index in [2.05, 4.69) is 26.0 Å². The number of imidazole rings is 1. The fourth-order valence-corrected chi connectivity index (χ4v) is 1.32. The van der Waals surface area contributed by atoms with Gasteiger partial charge in [-0.15, -0.1) is 0 Å². The quantitative estimate of drug-likeness (QED) is 0.666. The van der Waals surface area contributed by atoms with Crippen LogP contribution in [0.25, 0.3) is 5.65 Å². The Labute approximate surface area is 72.2 Å². The van der Waals surface area contributed by atoms with Gasteiger partial charge >= 0.3 is 0 Å². The van der Waals surface area contributed by atoms with Crippen LogP contribution in [-0.2, 0) is 0 Å². The molecule has 56 valence electrons. The summed E-state index contributed by atoms with van der Waals surface area (Å²) < 4.78 is 2.55. The maximum Gasteiger partial charge on any atom is 0.155 e. The van der Waals surface area contributed by atoms with Gasteiger partial charge in [-0.2, -0.15) is 5.10 Å². The molecule has 0 aliphatic rings. The fourth-order valence-electron chi connectivity index (χ4n) is 0.942. The van der Waals surface area contributed by atoms with Crippen molar-refractivity contribution < 1.29 is 0 Å². The molecule has 0 radical (unpaired) electrons. The first kappa shape index (κ1) is 6.79. The summed E-state index contributed by atoms with van der Waals surface area (Å²) in [6.45, 7) is 2.00. The van der Waals surface area contributed by atoms with E-state index in [4.69, 9.17) is 0 Å². The molecule has 0 aromatic carbocycles. The molecule has 0 bridgehead atoms. The summed E-state index contributed by atoms with van der Waals surface area (Å²) in [6, 6.07) is 1.98. The first-order valence-electron chi connectivity index (χ1n) is 3.23. The maximum absolute atomic E-state index is 4.19. The number of nitrogens with zero attached hydrogens (tertiary/aromatic N) is 3. The summed E-state index contributed by atoms with van der Waals surface area (Å²) in [7, 11) is 0. The van der Waals surface area contributed by atoms with E-state index in [1.54, 1.807) is 10.7 Å². The fraction of sp³-hybridized carbons (Fsp3) is 0.143. The topological polar surface area (TPSA) is 30.2 Å². The minimum atomic E-state index is 0.815. The van der Waals surface area contributed by atoms with Crippen LogP contribution in [0.5, 0.6) is 0 Å². The summed E-state index contributed by atoms with van der Waals surface area (Å²) in [6.07, 6.45) is 3.63. The molecule has 0 amide bonds. The predicted molar refractivity (Wildman–Crippen MR) is 45.4 cm³/mol. The Kier molecular flexibility index (Phi) is 1.42. The number of halogens is 1. The largest absolute Gasteiger partial charge is 0.220 e. The molecular formula is C7H6BrN3. The molecule has 4 heteroatoms. The van der Waals surface area contributed by atoms with E-state index in [0.29, 0.717) is 0 Å². The molecule has 0 atom stereocenters.